The van der Waals surface area contributed by atoms with E-state index >= 15 is 0 Å². The summed E-state index contributed by atoms with van der Waals surface area (Å²) in [5.41, 5.74) is 1.15. The number of allylic oxidation sites excluding steroid dienone is 1. The summed E-state index contributed by atoms with van der Waals surface area (Å²) in [4.78, 5) is 0. The summed E-state index contributed by atoms with van der Waals surface area (Å²) < 4.78 is 5.14. The van der Waals surface area contributed by atoms with Gasteiger partial charge in [-0.2, -0.15) is 0 Å². The number of hydrogen-bond acceptors (Lipinski definition) is 1. The summed E-state index contributed by atoms with van der Waals surface area (Å²) in [5, 5.41) is 0. The standard InChI is InChI=1S/C8H14O.C3H8/c1-4-8(5-2)7-9-6-3;1-3-2/h4-5H,1,6-7H2,2-3H3;3H2,1-2H3/b8-5+;. The molecule has 0 saturated heterocycles. The Morgan fingerprint density at radius 3 is 2.08 bits per heavy atom. The van der Waals surface area contributed by atoms with E-state index < -0.39 is 0 Å². The van der Waals surface area contributed by atoms with Gasteiger partial charge in [-0.25, -0.2) is 0 Å². The SMILES string of the molecule is C=C/C(=C\C)COCC.CCC. The monoisotopic (exact) mass is 170 g/mol. The Labute approximate surface area is 77.1 Å². The van der Waals surface area contributed by atoms with Gasteiger partial charge in [0.15, 0.2) is 0 Å². The second-order valence-electron chi connectivity index (χ2n) is 2.41. The van der Waals surface area contributed by atoms with Gasteiger partial charge in [-0.3, -0.25) is 0 Å². The van der Waals surface area contributed by atoms with E-state index in [1.165, 1.54) is 6.42 Å². The van der Waals surface area contributed by atoms with E-state index in [0.29, 0.717) is 6.61 Å². The van der Waals surface area contributed by atoms with Gasteiger partial charge in [-0.15, -0.1) is 0 Å². The fraction of sp³-hybridized carbons (Fsp3) is 0.636. The van der Waals surface area contributed by atoms with E-state index in [1.54, 1.807) is 0 Å². The molecular formula is C11H22O. The molecule has 12 heavy (non-hydrogen) atoms. The zero-order chi connectivity index (χ0) is 9.82. The first-order valence-electron chi connectivity index (χ1n) is 4.62. The Hall–Kier alpha value is -0.560. The van der Waals surface area contributed by atoms with Crippen molar-refractivity contribution < 1.29 is 4.74 Å². The predicted molar refractivity (Wildman–Crippen MR) is 56.4 cm³/mol. The maximum atomic E-state index is 5.14. The molecule has 1 heteroatoms. The van der Waals surface area contributed by atoms with Gasteiger partial charge in [0.25, 0.3) is 0 Å². The molecule has 0 bridgehead atoms. The van der Waals surface area contributed by atoms with Crippen LogP contribution in [0.2, 0.25) is 0 Å². The van der Waals surface area contributed by atoms with Crippen LogP contribution in [0.15, 0.2) is 24.3 Å². The quantitative estimate of drug-likeness (QED) is 0.586. The minimum atomic E-state index is 0.691. The van der Waals surface area contributed by atoms with Crippen LogP contribution in [0.5, 0.6) is 0 Å². The van der Waals surface area contributed by atoms with E-state index in [2.05, 4.69) is 20.4 Å². The highest BCUT2D eigenvalue weighted by Gasteiger charge is 1.86. The second-order valence-corrected chi connectivity index (χ2v) is 2.41. The molecule has 0 fully saturated rings. The van der Waals surface area contributed by atoms with Crippen molar-refractivity contribution in [1.82, 2.24) is 0 Å². The highest BCUT2D eigenvalue weighted by atomic mass is 16.5. The van der Waals surface area contributed by atoms with Gasteiger partial charge in [0.2, 0.25) is 0 Å². The highest BCUT2D eigenvalue weighted by Crippen LogP contribution is 1.94. The molecule has 0 aromatic rings. The topological polar surface area (TPSA) is 9.23 Å². The lowest BCUT2D eigenvalue weighted by Gasteiger charge is -1.99. The predicted octanol–water partition coefficient (Wildman–Crippen LogP) is 3.57. The molecule has 0 aromatic carbocycles. The molecule has 0 saturated carbocycles. The Kier molecular flexibility index (Phi) is 15.2. The maximum absolute atomic E-state index is 5.14. The lowest BCUT2D eigenvalue weighted by atomic mass is 10.3. The molecule has 0 atom stereocenters. The molecule has 0 rings (SSSR count). The summed E-state index contributed by atoms with van der Waals surface area (Å²) in [7, 11) is 0. The first-order chi connectivity index (χ1) is 5.76. The third-order valence-electron chi connectivity index (χ3n) is 1.11. The summed E-state index contributed by atoms with van der Waals surface area (Å²) in [6.07, 6.45) is 5.07. The third-order valence-corrected chi connectivity index (χ3v) is 1.11. The van der Waals surface area contributed by atoms with E-state index in [0.717, 1.165) is 12.2 Å². The van der Waals surface area contributed by atoms with E-state index in [1.807, 2.05) is 26.0 Å². The molecule has 0 heterocycles. The van der Waals surface area contributed by atoms with Crippen molar-refractivity contribution in [2.75, 3.05) is 13.2 Å². The molecule has 0 aliphatic carbocycles. The smallest absolute Gasteiger partial charge is 0.0713 e. The summed E-state index contributed by atoms with van der Waals surface area (Å²) in [6, 6.07) is 0. The molecule has 0 unspecified atom stereocenters. The molecule has 1 nitrogen and oxygen atoms in total. The summed E-state index contributed by atoms with van der Waals surface area (Å²) in [6.45, 7) is 13.3. The fourth-order valence-corrected chi connectivity index (χ4v) is 0.480. The Morgan fingerprint density at radius 2 is 1.83 bits per heavy atom. The zero-order valence-corrected chi connectivity index (χ0v) is 8.89. The van der Waals surface area contributed by atoms with Crippen molar-refractivity contribution in [1.29, 1.82) is 0 Å². The van der Waals surface area contributed by atoms with Crippen LogP contribution in [0.3, 0.4) is 0 Å². The number of rotatable bonds is 4. The van der Waals surface area contributed by atoms with Gasteiger partial charge < -0.3 is 4.74 Å². The minimum Gasteiger partial charge on any atom is -0.377 e. The number of ether oxygens (including phenoxy) is 1. The lowest BCUT2D eigenvalue weighted by molar-refractivity contribution is 0.173. The molecule has 0 aromatic heterocycles. The van der Waals surface area contributed by atoms with Crippen LogP contribution in [-0.2, 0) is 4.74 Å². The minimum absolute atomic E-state index is 0.691. The van der Waals surface area contributed by atoms with E-state index in [4.69, 9.17) is 4.74 Å². The lowest BCUT2D eigenvalue weighted by Crippen LogP contribution is -1.94. The van der Waals surface area contributed by atoms with Gasteiger partial charge in [-0.1, -0.05) is 39.0 Å². The highest BCUT2D eigenvalue weighted by molar-refractivity contribution is 5.15. The Bertz CT molecular complexity index is 114. The molecule has 0 N–H and O–H groups in total. The fourth-order valence-electron chi connectivity index (χ4n) is 0.480. The first-order valence-corrected chi connectivity index (χ1v) is 4.62. The van der Waals surface area contributed by atoms with Crippen LogP contribution in [0.1, 0.15) is 34.1 Å². The maximum Gasteiger partial charge on any atom is 0.0713 e. The van der Waals surface area contributed by atoms with Gasteiger partial charge in [0.05, 0.1) is 6.61 Å². The largest absolute Gasteiger partial charge is 0.377 e. The van der Waals surface area contributed by atoms with Crippen molar-refractivity contribution in [2.45, 2.75) is 34.1 Å². The van der Waals surface area contributed by atoms with Crippen LogP contribution < -0.4 is 0 Å². The van der Waals surface area contributed by atoms with Crippen LogP contribution in [0, 0.1) is 0 Å². The molecule has 0 radical (unpaired) electrons. The van der Waals surface area contributed by atoms with Gasteiger partial charge in [0, 0.05) is 6.61 Å². The Balaban J connectivity index is 0. The second kappa shape index (κ2) is 13.1. The average Bonchev–Trinajstić information content (AvgIpc) is 2.08. The Morgan fingerprint density at radius 1 is 1.33 bits per heavy atom. The summed E-state index contributed by atoms with van der Waals surface area (Å²) in [5.74, 6) is 0. The molecule has 0 aliphatic heterocycles. The zero-order valence-electron chi connectivity index (χ0n) is 8.89. The molecule has 0 amide bonds. The molecule has 0 spiro atoms. The average molecular weight is 170 g/mol. The van der Waals surface area contributed by atoms with Crippen LogP contribution in [0.25, 0.3) is 0 Å². The van der Waals surface area contributed by atoms with Gasteiger partial charge in [-0.05, 0) is 19.4 Å². The van der Waals surface area contributed by atoms with Crippen molar-refractivity contribution in [3.8, 4) is 0 Å². The number of hydrogen-bond donors (Lipinski definition) is 0. The van der Waals surface area contributed by atoms with Crippen molar-refractivity contribution in [3.05, 3.63) is 24.3 Å². The molecule has 0 aliphatic rings. The van der Waals surface area contributed by atoms with Crippen molar-refractivity contribution in [3.63, 3.8) is 0 Å². The summed E-state index contributed by atoms with van der Waals surface area (Å²) >= 11 is 0. The van der Waals surface area contributed by atoms with E-state index in [9.17, 15) is 0 Å². The molecule has 72 valence electrons. The third kappa shape index (κ3) is 12.1. The van der Waals surface area contributed by atoms with Crippen LogP contribution in [0.4, 0.5) is 0 Å². The van der Waals surface area contributed by atoms with Crippen molar-refractivity contribution >= 4 is 0 Å². The van der Waals surface area contributed by atoms with Gasteiger partial charge in [0.1, 0.15) is 0 Å². The normalized spacial score (nSPS) is 10.2. The molecular weight excluding hydrogens is 148 g/mol. The van der Waals surface area contributed by atoms with Gasteiger partial charge >= 0.3 is 0 Å². The van der Waals surface area contributed by atoms with Crippen molar-refractivity contribution in [2.24, 2.45) is 0 Å². The van der Waals surface area contributed by atoms with Crippen LogP contribution >= 0.6 is 0 Å². The van der Waals surface area contributed by atoms with E-state index in [-0.39, 0.29) is 0 Å². The van der Waals surface area contributed by atoms with Crippen LogP contribution in [-0.4, -0.2) is 13.2 Å². The first kappa shape index (κ1) is 14.0.